The summed E-state index contributed by atoms with van der Waals surface area (Å²) in [6, 6.07) is 6.92. The number of nitrogens with one attached hydrogen (secondary N) is 2. The van der Waals surface area contributed by atoms with Crippen LogP contribution in [0.4, 0.5) is 5.69 Å². The SMILES string of the molecule is O=C(Nc1cccc2cn[nH]c12)c1cc(Cl)ncc1Cl. The Morgan fingerprint density at radius 2 is 2.10 bits per heavy atom. The topological polar surface area (TPSA) is 70.7 Å². The second kappa shape index (κ2) is 5.11. The third-order valence-corrected chi connectivity index (χ3v) is 3.30. The number of carbonyl (C=O) groups is 1. The van der Waals surface area contributed by atoms with Gasteiger partial charge in [0.2, 0.25) is 0 Å². The number of aromatic nitrogens is 3. The van der Waals surface area contributed by atoms with E-state index in [-0.39, 0.29) is 21.6 Å². The summed E-state index contributed by atoms with van der Waals surface area (Å²) in [4.78, 5) is 16.0. The summed E-state index contributed by atoms with van der Waals surface area (Å²) in [5, 5.41) is 10.9. The van der Waals surface area contributed by atoms with Gasteiger partial charge in [-0.2, -0.15) is 5.10 Å². The lowest BCUT2D eigenvalue weighted by Gasteiger charge is -2.07. The number of amides is 1. The average Bonchev–Trinajstić information content (AvgIpc) is 2.91. The molecular formula is C13H8Cl2N4O. The van der Waals surface area contributed by atoms with E-state index in [0.717, 1.165) is 10.9 Å². The third-order valence-electron chi connectivity index (χ3n) is 2.79. The summed E-state index contributed by atoms with van der Waals surface area (Å²) < 4.78 is 0. The molecule has 0 radical (unpaired) electrons. The van der Waals surface area contributed by atoms with Crippen LogP contribution in [0.15, 0.2) is 36.7 Å². The first kappa shape index (κ1) is 12.9. The minimum Gasteiger partial charge on any atom is -0.320 e. The van der Waals surface area contributed by atoms with Gasteiger partial charge in [0.25, 0.3) is 5.91 Å². The van der Waals surface area contributed by atoms with Crippen LogP contribution in [0.5, 0.6) is 0 Å². The van der Waals surface area contributed by atoms with Gasteiger partial charge in [0, 0.05) is 11.6 Å². The van der Waals surface area contributed by atoms with E-state index in [2.05, 4.69) is 20.5 Å². The fraction of sp³-hybridized carbons (Fsp3) is 0. The number of benzene rings is 1. The highest BCUT2D eigenvalue weighted by Gasteiger charge is 2.13. The Morgan fingerprint density at radius 3 is 2.95 bits per heavy atom. The van der Waals surface area contributed by atoms with Gasteiger partial charge in [-0.1, -0.05) is 35.3 Å². The monoisotopic (exact) mass is 306 g/mol. The van der Waals surface area contributed by atoms with E-state index in [1.807, 2.05) is 12.1 Å². The molecule has 7 heteroatoms. The van der Waals surface area contributed by atoms with Crippen LogP contribution < -0.4 is 5.32 Å². The Balaban J connectivity index is 1.96. The van der Waals surface area contributed by atoms with Crippen molar-refractivity contribution >= 4 is 45.7 Å². The summed E-state index contributed by atoms with van der Waals surface area (Å²) in [7, 11) is 0. The van der Waals surface area contributed by atoms with Gasteiger partial charge >= 0.3 is 0 Å². The summed E-state index contributed by atoms with van der Waals surface area (Å²) in [5.74, 6) is -0.360. The van der Waals surface area contributed by atoms with Gasteiger partial charge < -0.3 is 5.32 Å². The number of para-hydroxylation sites is 1. The quantitative estimate of drug-likeness (QED) is 0.712. The highest BCUT2D eigenvalue weighted by molar-refractivity contribution is 6.35. The molecule has 100 valence electrons. The smallest absolute Gasteiger partial charge is 0.257 e. The van der Waals surface area contributed by atoms with Gasteiger partial charge in [-0.15, -0.1) is 0 Å². The van der Waals surface area contributed by atoms with Crippen molar-refractivity contribution < 1.29 is 4.79 Å². The average molecular weight is 307 g/mol. The standard InChI is InChI=1S/C13H8Cl2N4O/c14-9-6-16-11(15)4-8(9)13(20)18-10-3-1-2-7-5-17-19-12(7)10/h1-6H,(H,17,19)(H,18,20). The number of halogens is 2. The zero-order valence-corrected chi connectivity index (χ0v) is 11.5. The van der Waals surface area contributed by atoms with E-state index in [9.17, 15) is 4.79 Å². The van der Waals surface area contributed by atoms with Crippen LogP contribution in [-0.4, -0.2) is 21.1 Å². The van der Waals surface area contributed by atoms with Crippen molar-refractivity contribution in [2.45, 2.75) is 0 Å². The van der Waals surface area contributed by atoms with E-state index in [1.54, 1.807) is 12.3 Å². The molecule has 2 aromatic heterocycles. The zero-order valence-electron chi connectivity index (χ0n) is 10.0. The van der Waals surface area contributed by atoms with E-state index in [0.29, 0.717) is 5.69 Å². The van der Waals surface area contributed by atoms with E-state index >= 15 is 0 Å². The second-order valence-corrected chi connectivity index (χ2v) is 4.88. The number of hydrogen-bond donors (Lipinski definition) is 2. The van der Waals surface area contributed by atoms with E-state index in [4.69, 9.17) is 23.2 Å². The molecule has 2 N–H and O–H groups in total. The predicted molar refractivity (Wildman–Crippen MR) is 78.3 cm³/mol. The molecule has 0 aliphatic heterocycles. The number of nitrogens with zero attached hydrogens (tertiary/aromatic N) is 2. The summed E-state index contributed by atoms with van der Waals surface area (Å²) >= 11 is 11.7. The molecule has 3 aromatic rings. The maximum absolute atomic E-state index is 12.2. The highest BCUT2D eigenvalue weighted by atomic mass is 35.5. The molecule has 0 saturated carbocycles. The Labute approximate surface area is 123 Å². The van der Waals surface area contributed by atoms with E-state index in [1.165, 1.54) is 12.3 Å². The number of hydrogen-bond acceptors (Lipinski definition) is 3. The first-order chi connectivity index (χ1) is 9.65. The lowest BCUT2D eigenvalue weighted by molar-refractivity contribution is 0.102. The molecule has 2 heterocycles. The van der Waals surface area contributed by atoms with Crippen LogP contribution >= 0.6 is 23.2 Å². The van der Waals surface area contributed by atoms with Crippen molar-refractivity contribution in [3.8, 4) is 0 Å². The molecule has 0 aliphatic rings. The summed E-state index contributed by atoms with van der Waals surface area (Å²) in [5.41, 5.74) is 1.63. The van der Waals surface area contributed by atoms with Gasteiger partial charge in [0.05, 0.1) is 28.0 Å². The van der Waals surface area contributed by atoms with Crippen LogP contribution in [0, 0.1) is 0 Å². The van der Waals surface area contributed by atoms with Crippen LogP contribution in [0.25, 0.3) is 10.9 Å². The number of fused-ring (bicyclic) bond motifs is 1. The van der Waals surface area contributed by atoms with Crippen molar-refractivity contribution in [2.75, 3.05) is 5.32 Å². The van der Waals surface area contributed by atoms with Crippen molar-refractivity contribution in [1.82, 2.24) is 15.2 Å². The van der Waals surface area contributed by atoms with Gasteiger partial charge in [0.15, 0.2) is 0 Å². The molecule has 0 atom stereocenters. The van der Waals surface area contributed by atoms with Crippen molar-refractivity contribution in [2.24, 2.45) is 0 Å². The molecule has 0 bridgehead atoms. The van der Waals surface area contributed by atoms with Gasteiger partial charge in [-0.05, 0) is 12.1 Å². The van der Waals surface area contributed by atoms with Gasteiger partial charge in [0.1, 0.15) is 5.15 Å². The van der Waals surface area contributed by atoms with Crippen LogP contribution in [-0.2, 0) is 0 Å². The fourth-order valence-corrected chi connectivity index (χ4v) is 2.20. The Morgan fingerprint density at radius 1 is 1.25 bits per heavy atom. The Kier molecular flexibility index (Phi) is 3.30. The summed E-state index contributed by atoms with van der Waals surface area (Å²) in [6.07, 6.45) is 3.02. The lowest BCUT2D eigenvalue weighted by atomic mass is 10.2. The summed E-state index contributed by atoms with van der Waals surface area (Å²) in [6.45, 7) is 0. The first-order valence-electron chi connectivity index (χ1n) is 5.69. The van der Waals surface area contributed by atoms with Crippen molar-refractivity contribution in [1.29, 1.82) is 0 Å². The number of aromatic amines is 1. The van der Waals surface area contributed by atoms with Crippen LogP contribution in [0.2, 0.25) is 10.2 Å². The second-order valence-electron chi connectivity index (χ2n) is 4.08. The molecule has 0 unspecified atom stereocenters. The molecule has 3 rings (SSSR count). The largest absolute Gasteiger partial charge is 0.320 e. The van der Waals surface area contributed by atoms with Crippen LogP contribution in [0.1, 0.15) is 10.4 Å². The number of H-pyrrole nitrogens is 1. The molecule has 0 aliphatic carbocycles. The number of rotatable bonds is 2. The molecule has 0 fully saturated rings. The van der Waals surface area contributed by atoms with E-state index < -0.39 is 0 Å². The molecule has 5 nitrogen and oxygen atoms in total. The maximum atomic E-state index is 12.2. The molecule has 1 amide bonds. The van der Waals surface area contributed by atoms with Gasteiger partial charge in [-0.3, -0.25) is 9.89 Å². The van der Waals surface area contributed by atoms with Crippen LogP contribution in [0.3, 0.4) is 0 Å². The minimum absolute atomic E-state index is 0.208. The lowest BCUT2D eigenvalue weighted by Crippen LogP contribution is -2.13. The number of carbonyl (C=O) groups excluding carboxylic acids is 1. The highest BCUT2D eigenvalue weighted by Crippen LogP contribution is 2.23. The van der Waals surface area contributed by atoms with Crippen molar-refractivity contribution in [3.05, 3.63) is 52.4 Å². The van der Waals surface area contributed by atoms with Crippen molar-refractivity contribution in [3.63, 3.8) is 0 Å². The third kappa shape index (κ3) is 2.33. The first-order valence-corrected chi connectivity index (χ1v) is 6.45. The normalized spacial score (nSPS) is 10.7. The zero-order chi connectivity index (χ0) is 14.1. The molecule has 1 aromatic carbocycles. The predicted octanol–water partition coefficient (Wildman–Crippen LogP) is 3.52. The number of anilines is 1. The molecule has 0 spiro atoms. The molecule has 0 saturated heterocycles. The Bertz CT molecular complexity index is 800. The van der Waals surface area contributed by atoms with Gasteiger partial charge in [-0.25, -0.2) is 4.98 Å². The fourth-order valence-electron chi connectivity index (χ4n) is 1.85. The molecule has 20 heavy (non-hydrogen) atoms. The number of pyridine rings is 1. The maximum Gasteiger partial charge on any atom is 0.257 e. The molecular weight excluding hydrogens is 299 g/mol. The minimum atomic E-state index is -0.360. The Hall–Kier alpha value is -2.11.